The first-order chi connectivity index (χ1) is 11.4. The fraction of sp³-hybridized carbons (Fsp3) is 0.889. The molecule has 1 heterocycles. The minimum atomic E-state index is -0.784. The molecule has 1 saturated carbocycles. The number of carbonyl (C=O) groups excluding carboxylic acids is 1. The average molecular weight is 339 g/mol. The lowest BCUT2D eigenvalue weighted by Gasteiger charge is -2.44. The van der Waals surface area contributed by atoms with Crippen LogP contribution in [-0.4, -0.2) is 65.2 Å². The molecule has 2 N–H and O–H groups in total. The van der Waals surface area contributed by atoms with Crippen molar-refractivity contribution in [3.05, 3.63) is 0 Å². The van der Waals surface area contributed by atoms with E-state index < -0.39 is 5.97 Å². The number of likely N-dealkylation sites (N-methyl/N-ethyl adjacent to an activating group) is 1. The van der Waals surface area contributed by atoms with Gasteiger partial charge in [0.2, 0.25) is 0 Å². The van der Waals surface area contributed by atoms with Gasteiger partial charge in [-0.15, -0.1) is 0 Å². The quantitative estimate of drug-likeness (QED) is 0.747. The molecule has 2 amide bonds. The van der Waals surface area contributed by atoms with Crippen LogP contribution in [0.5, 0.6) is 0 Å². The summed E-state index contributed by atoms with van der Waals surface area (Å²) < 4.78 is 0. The van der Waals surface area contributed by atoms with Crippen LogP contribution in [0.4, 0.5) is 4.79 Å². The summed E-state index contributed by atoms with van der Waals surface area (Å²) >= 11 is 0. The van der Waals surface area contributed by atoms with Crippen molar-refractivity contribution in [3.8, 4) is 0 Å². The van der Waals surface area contributed by atoms with Crippen molar-refractivity contribution in [2.45, 2.75) is 71.4 Å². The molecule has 2 rings (SSSR count). The maximum absolute atomic E-state index is 12.4. The molecule has 0 aromatic rings. The molecule has 6 nitrogen and oxygen atoms in total. The molecule has 0 spiro atoms. The number of aliphatic carboxylic acids is 1. The number of amides is 2. The SMILES string of the molecule is CCN(CC(=O)O)C1CC(NC(=O)N2CCC(CC)(CC)CC2)C1. The van der Waals surface area contributed by atoms with Crippen molar-refractivity contribution in [2.24, 2.45) is 5.41 Å². The third-order valence-corrected chi connectivity index (χ3v) is 6.31. The minimum Gasteiger partial charge on any atom is -0.480 e. The van der Waals surface area contributed by atoms with Crippen molar-refractivity contribution < 1.29 is 14.7 Å². The van der Waals surface area contributed by atoms with Gasteiger partial charge in [-0.2, -0.15) is 0 Å². The highest BCUT2D eigenvalue weighted by Crippen LogP contribution is 2.38. The lowest BCUT2D eigenvalue weighted by Crippen LogP contribution is -2.57. The first-order valence-electron chi connectivity index (χ1n) is 9.44. The molecule has 0 radical (unpaired) electrons. The summed E-state index contributed by atoms with van der Waals surface area (Å²) in [6.07, 6.45) is 6.30. The van der Waals surface area contributed by atoms with E-state index in [9.17, 15) is 9.59 Å². The Balaban J connectivity index is 1.72. The van der Waals surface area contributed by atoms with E-state index >= 15 is 0 Å². The third kappa shape index (κ3) is 4.41. The molecule has 0 aromatic carbocycles. The molecule has 2 fully saturated rings. The van der Waals surface area contributed by atoms with E-state index in [1.807, 2.05) is 16.7 Å². The minimum absolute atomic E-state index is 0.0561. The average Bonchev–Trinajstić information content (AvgIpc) is 2.55. The molecule has 0 aromatic heterocycles. The van der Waals surface area contributed by atoms with E-state index in [0.29, 0.717) is 5.41 Å². The van der Waals surface area contributed by atoms with E-state index in [4.69, 9.17) is 5.11 Å². The molecule has 0 atom stereocenters. The molecular weight excluding hydrogens is 306 g/mol. The van der Waals surface area contributed by atoms with Gasteiger partial charge in [0.15, 0.2) is 0 Å². The molecule has 2 aliphatic rings. The molecule has 1 aliphatic heterocycles. The maximum Gasteiger partial charge on any atom is 0.317 e. The standard InChI is InChI=1S/C18H33N3O3/c1-4-18(5-2)7-9-21(10-8-18)17(24)19-14-11-15(12-14)20(6-3)13-16(22)23/h14-15H,4-13H2,1-3H3,(H,19,24)(H,22,23). The molecule has 138 valence electrons. The lowest BCUT2D eigenvalue weighted by atomic mass is 9.74. The van der Waals surface area contributed by atoms with Crippen LogP contribution in [0.25, 0.3) is 0 Å². The Kier molecular flexibility index (Phi) is 6.49. The topological polar surface area (TPSA) is 72.9 Å². The summed E-state index contributed by atoms with van der Waals surface area (Å²) in [5.74, 6) is -0.784. The van der Waals surface area contributed by atoms with Crippen LogP contribution in [0.3, 0.4) is 0 Å². The number of hydrogen-bond donors (Lipinski definition) is 2. The first kappa shape index (κ1) is 19.0. The molecule has 24 heavy (non-hydrogen) atoms. The summed E-state index contributed by atoms with van der Waals surface area (Å²) in [6, 6.07) is 0.528. The maximum atomic E-state index is 12.4. The van der Waals surface area contributed by atoms with Crippen LogP contribution in [0, 0.1) is 5.41 Å². The summed E-state index contributed by atoms with van der Waals surface area (Å²) in [5, 5.41) is 12.1. The van der Waals surface area contributed by atoms with Crippen molar-refractivity contribution in [1.82, 2.24) is 15.1 Å². The van der Waals surface area contributed by atoms with E-state index in [2.05, 4.69) is 19.2 Å². The highest BCUT2D eigenvalue weighted by molar-refractivity contribution is 5.74. The number of piperidine rings is 1. The molecule has 1 aliphatic carbocycles. The lowest BCUT2D eigenvalue weighted by molar-refractivity contribution is -0.139. The van der Waals surface area contributed by atoms with Crippen molar-refractivity contribution in [3.63, 3.8) is 0 Å². The zero-order valence-corrected chi connectivity index (χ0v) is 15.4. The van der Waals surface area contributed by atoms with Crippen molar-refractivity contribution >= 4 is 12.0 Å². The van der Waals surface area contributed by atoms with E-state index in [-0.39, 0.29) is 24.7 Å². The second-order valence-electron chi connectivity index (χ2n) is 7.42. The number of rotatable bonds is 7. The summed E-state index contributed by atoms with van der Waals surface area (Å²) in [4.78, 5) is 27.2. The number of carboxylic acids is 1. The van der Waals surface area contributed by atoms with Crippen LogP contribution in [0.2, 0.25) is 0 Å². The van der Waals surface area contributed by atoms with Gasteiger partial charge in [-0.05, 0) is 37.6 Å². The Labute approximate surface area is 145 Å². The normalized spacial score (nSPS) is 26.1. The number of nitrogens with zero attached hydrogens (tertiary/aromatic N) is 2. The van der Waals surface area contributed by atoms with Gasteiger partial charge in [0.1, 0.15) is 0 Å². The largest absolute Gasteiger partial charge is 0.480 e. The Morgan fingerprint density at radius 1 is 1.17 bits per heavy atom. The van der Waals surface area contributed by atoms with Crippen LogP contribution in [0.1, 0.15) is 59.3 Å². The highest BCUT2D eigenvalue weighted by atomic mass is 16.4. The third-order valence-electron chi connectivity index (χ3n) is 6.31. The smallest absolute Gasteiger partial charge is 0.317 e. The van der Waals surface area contributed by atoms with Crippen LogP contribution < -0.4 is 5.32 Å². The van der Waals surface area contributed by atoms with E-state index in [1.165, 1.54) is 12.8 Å². The number of urea groups is 1. The fourth-order valence-corrected chi connectivity index (χ4v) is 4.08. The van der Waals surface area contributed by atoms with Gasteiger partial charge in [0, 0.05) is 25.2 Å². The fourth-order valence-electron chi connectivity index (χ4n) is 4.08. The molecule has 0 unspecified atom stereocenters. The van der Waals surface area contributed by atoms with Crippen molar-refractivity contribution in [1.29, 1.82) is 0 Å². The van der Waals surface area contributed by atoms with Gasteiger partial charge in [0.05, 0.1) is 6.54 Å². The number of nitrogens with one attached hydrogen (secondary N) is 1. The van der Waals surface area contributed by atoms with Gasteiger partial charge in [-0.3, -0.25) is 9.69 Å². The summed E-state index contributed by atoms with van der Waals surface area (Å²) in [6.45, 7) is 9.02. The van der Waals surface area contributed by atoms with Gasteiger partial charge >= 0.3 is 12.0 Å². The van der Waals surface area contributed by atoms with Gasteiger partial charge in [0.25, 0.3) is 0 Å². The van der Waals surface area contributed by atoms with E-state index in [1.54, 1.807) is 0 Å². The Hall–Kier alpha value is -1.30. The molecule has 1 saturated heterocycles. The predicted molar refractivity (Wildman–Crippen MR) is 94.0 cm³/mol. The van der Waals surface area contributed by atoms with Gasteiger partial charge in [-0.1, -0.05) is 33.6 Å². The van der Waals surface area contributed by atoms with Crippen molar-refractivity contribution in [2.75, 3.05) is 26.2 Å². The zero-order chi connectivity index (χ0) is 17.7. The number of likely N-dealkylation sites (tertiary alicyclic amines) is 1. The molecule has 6 heteroatoms. The number of hydrogen-bond acceptors (Lipinski definition) is 3. The summed E-state index contributed by atoms with van der Waals surface area (Å²) in [7, 11) is 0. The molecule has 0 bridgehead atoms. The Morgan fingerprint density at radius 3 is 2.21 bits per heavy atom. The Bertz CT molecular complexity index is 435. The highest BCUT2D eigenvalue weighted by Gasteiger charge is 2.37. The zero-order valence-electron chi connectivity index (χ0n) is 15.4. The summed E-state index contributed by atoms with van der Waals surface area (Å²) in [5.41, 5.74) is 0.427. The first-order valence-corrected chi connectivity index (χ1v) is 9.44. The van der Waals surface area contributed by atoms with Gasteiger partial charge < -0.3 is 15.3 Å². The van der Waals surface area contributed by atoms with Crippen LogP contribution in [-0.2, 0) is 4.79 Å². The molecular formula is C18H33N3O3. The monoisotopic (exact) mass is 339 g/mol. The van der Waals surface area contributed by atoms with E-state index in [0.717, 1.165) is 45.3 Å². The second kappa shape index (κ2) is 8.19. The van der Waals surface area contributed by atoms with Crippen LogP contribution >= 0.6 is 0 Å². The predicted octanol–water partition coefficient (Wildman–Crippen LogP) is 2.54. The Morgan fingerprint density at radius 2 is 1.75 bits per heavy atom. The van der Waals surface area contributed by atoms with Gasteiger partial charge in [-0.25, -0.2) is 4.79 Å². The number of carboxylic acid groups (broad SMARTS) is 1. The van der Waals surface area contributed by atoms with Crippen LogP contribution in [0.15, 0.2) is 0 Å². The number of carbonyl (C=O) groups is 2. The second-order valence-corrected chi connectivity index (χ2v) is 7.42.